The standard InChI is InChI=1S/C3H9N.H2O.Sn.2H/c1-4(2)3;;;;/h1-3H3;1H2;;;. The Bertz CT molecular complexity index is 15.5. The Labute approximate surface area is 55.8 Å². The van der Waals surface area contributed by atoms with Gasteiger partial charge in [-0.05, 0) is 21.1 Å². The Kier molecular flexibility index (Phi) is 24.4. The van der Waals surface area contributed by atoms with Crippen molar-refractivity contribution in [2.75, 3.05) is 21.1 Å². The molecule has 0 saturated carbocycles. The molecule has 6 heavy (non-hydrogen) atoms. The topological polar surface area (TPSA) is 34.7 Å². The fraction of sp³-hybridized carbons (Fsp3) is 1.00. The summed E-state index contributed by atoms with van der Waals surface area (Å²) in [5.74, 6) is 0. The van der Waals surface area contributed by atoms with E-state index in [9.17, 15) is 0 Å². The molecule has 2 N–H and O–H groups in total. The van der Waals surface area contributed by atoms with E-state index in [1.165, 1.54) is 0 Å². The predicted octanol–water partition coefficient (Wildman–Crippen LogP) is -1.56. The Morgan fingerprint density at radius 3 is 1.00 bits per heavy atom. The van der Waals surface area contributed by atoms with Crippen LogP contribution in [0.4, 0.5) is 0 Å². The zero-order valence-corrected chi connectivity index (χ0v) is 8.69. The molecular formula is C3H13NOSn. The summed E-state index contributed by atoms with van der Waals surface area (Å²) < 4.78 is 0. The van der Waals surface area contributed by atoms with E-state index in [-0.39, 0.29) is 29.4 Å². The van der Waals surface area contributed by atoms with Gasteiger partial charge in [-0.15, -0.1) is 0 Å². The van der Waals surface area contributed by atoms with Gasteiger partial charge in [0.1, 0.15) is 0 Å². The van der Waals surface area contributed by atoms with Crippen molar-refractivity contribution in [1.29, 1.82) is 0 Å². The first kappa shape index (κ1) is 15.9. The van der Waals surface area contributed by atoms with E-state index in [1.807, 2.05) is 26.0 Å². The molecule has 0 aliphatic carbocycles. The maximum atomic E-state index is 2.00. The fourth-order valence-corrected chi connectivity index (χ4v) is 0. The molecule has 0 atom stereocenters. The van der Waals surface area contributed by atoms with Gasteiger partial charge in [-0.25, -0.2) is 0 Å². The van der Waals surface area contributed by atoms with Gasteiger partial charge in [0.25, 0.3) is 0 Å². The van der Waals surface area contributed by atoms with Gasteiger partial charge < -0.3 is 10.4 Å². The molecule has 0 aliphatic rings. The van der Waals surface area contributed by atoms with Gasteiger partial charge >= 0.3 is 23.9 Å². The molecule has 40 valence electrons. The van der Waals surface area contributed by atoms with Gasteiger partial charge in [0.15, 0.2) is 0 Å². The van der Waals surface area contributed by atoms with Crippen molar-refractivity contribution >= 4 is 23.9 Å². The second kappa shape index (κ2) is 9.21. The van der Waals surface area contributed by atoms with E-state index in [4.69, 9.17) is 0 Å². The zero-order valence-electron chi connectivity index (χ0n) is 4.65. The van der Waals surface area contributed by atoms with Crippen LogP contribution in [-0.2, 0) is 0 Å². The molecule has 0 rings (SSSR count). The Morgan fingerprint density at radius 2 is 1.00 bits per heavy atom. The SMILES string of the molecule is CN(C)C.O.[SnH2]. The molecule has 0 heterocycles. The van der Waals surface area contributed by atoms with Gasteiger partial charge in [-0.2, -0.15) is 0 Å². The van der Waals surface area contributed by atoms with E-state index < -0.39 is 0 Å². The third kappa shape index (κ3) is 126. The van der Waals surface area contributed by atoms with Crippen LogP contribution in [0, 0.1) is 0 Å². The summed E-state index contributed by atoms with van der Waals surface area (Å²) >= 11 is 0. The summed E-state index contributed by atoms with van der Waals surface area (Å²) in [6.45, 7) is 0. The van der Waals surface area contributed by atoms with Crippen LogP contribution in [0.5, 0.6) is 0 Å². The fourth-order valence-electron chi connectivity index (χ4n) is 0. The van der Waals surface area contributed by atoms with Crippen molar-refractivity contribution in [3.63, 3.8) is 0 Å². The Morgan fingerprint density at radius 1 is 1.00 bits per heavy atom. The van der Waals surface area contributed by atoms with Gasteiger partial charge in [-0.3, -0.25) is 0 Å². The first-order valence-corrected chi connectivity index (χ1v) is 1.34. The quantitative estimate of drug-likeness (QED) is 0.433. The average Bonchev–Trinajstić information content (AvgIpc) is 0.811. The minimum absolute atomic E-state index is 0. The number of hydrogen-bond donors (Lipinski definition) is 0. The average molecular weight is 198 g/mol. The van der Waals surface area contributed by atoms with Crippen molar-refractivity contribution in [3.05, 3.63) is 0 Å². The van der Waals surface area contributed by atoms with Crippen LogP contribution >= 0.6 is 0 Å². The van der Waals surface area contributed by atoms with Crippen LogP contribution in [0.15, 0.2) is 0 Å². The van der Waals surface area contributed by atoms with E-state index >= 15 is 0 Å². The van der Waals surface area contributed by atoms with Crippen molar-refractivity contribution < 1.29 is 5.48 Å². The molecule has 2 nitrogen and oxygen atoms in total. The molecule has 0 aromatic heterocycles. The summed E-state index contributed by atoms with van der Waals surface area (Å²) in [4.78, 5) is 2.00. The first-order valence-electron chi connectivity index (χ1n) is 1.34. The summed E-state index contributed by atoms with van der Waals surface area (Å²) in [5, 5.41) is 0. The second-order valence-corrected chi connectivity index (χ2v) is 1.34. The molecule has 0 unspecified atom stereocenters. The molecule has 3 heteroatoms. The molecule has 0 aromatic carbocycles. The van der Waals surface area contributed by atoms with Crippen molar-refractivity contribution in [2.45, 2.75) is 0 Å². The van der Waals surface area contributed by atoms with Crippen LogP contribution in [0.1, 0.15) is 0 Å². The van der Waals surface area contributed by atoms with E-state index in [1.54, 1.807) is 0 Å². The zero-order chi connectivity index (χ0) is 3.58. The summed E-state index contributed by atoms with van der Waals surface area (Å²) in [5.41, 5.74) is 0. The maximum absolute atomic E-state index is 2.00. The van der Waals surface area contributed by atoms with E-state index in [2.05, 4.69) is 0 Å². The molecule has 0 aliphatic heterocycles. The number of rotatable bonds is 0. The molecule has 0 amide bonds. The minimum atomic E-state index is 0. The Balaban J connectivity index is -0.0000000450. The van der Waals surface area contributed by atoms with Gasteiger partial charge in [0.05, 0.1) is 0 Å². The second-order valence-electron chi connectivity index (χ2n) is 1.34. The van der Waals surface area contributed by atoms with E-state index in [0.29, 0.717) is 0 Å². The summed E-state index contributed by atoms with van der Waals surface area (Å²) in [6.07, 6.45) is 0. The van der Waals surface area contributed by atoms with Crippen LogP contribution in [0.2, 0.25) is 0 Å². The molecule has 0 bridgehead atoms. The molecular weight excluding hydrogens is 185 g/mol. The predicted molar refractivity (Wildman–Crippen MR) is 31.8 cm³/mol. The van der Waals surface area contributed by atoms with Crippen LogP contribution in [0.25, 0.3) is 0 Å². The molecule has 0 saturated heterocycles. The molecule has 2 radical (unpaired) electrons. The normalized spacial score (nSPS) is 6.00. The third-order valence-corrected chi connectivity index (χ3v) is 0. The number of hydrogen-bond acceptors (Lipinski definition) is 1. The molecule has 0 fully saturated rings. The van der Waals surface area contributed by atoms with Gasteiger partial charge in [0, 0.05) is 0 Å². The van der Waals surface area contributed by atoms with Crippen molar-refractivity contribution in [2.24, 2.45) is 0 Å². The van der Waals surface area contributed by atoms with Crippen molar-refractivity contribution in [1.82, 2.24) is 4.90 Å². The Hall–Kier alpha value is 0.719. The number of nitrogens with zero attached hydrogens (tertiary/aromatic N) is 1. The van der Waals surface area contributed by atoms with Gasteiger partial charge in [-0.1, -0.05) is 0 Å². The third-order valence-electron chi connectivity index (χ3n) is 0. The van der Waals surface area contributed by atoms with Crippen molar-refractivity contribution in [3.8, 4) is 0 Å². The van der Waals surface area contributed by atoms with E-state index in [0.717, 1.165) is 0 Å². The monoisotopic (exact) mass is 199 g/mol. The molecule has 0 spiro atoms. The summed E-state index contributed by atoms with van der Waals surface area (Å²) in [6, 6.07) is 0. The van der Waals surface area contributed by atoms with Crippen LogP contribution in [-0.4, -0.2) is 55.4 Å². The van der Waals surface area contributed by atoms with Gasteiger partial charge in [0.2, 0.25) is 0 Å². The van der Waals surface area contributed by atoms with Crippen LogP contribution < -0.4 is 0 Å². The van der Waals surface area contributed by atoms with Crippen LogP contribution in [0.3, 0.4) is 0 Å². The first-order chi connectivity index (χ1) is 1.73. The summed E-state index contributed by atoms with van der Waals surface area (Å²) in [7, 11) is 6.00. The molecule has 0 aromatic rings.